The van der Waals surface area contributed by atoms with Gasteiger partial charge in [0.05, 0.1) is 22.5 Å². The molecule has 0 unspecified atom stereocenters. The van der Waals surface area contributed by atoms with E-state index in [1.807, 2.05) is 0 Å². The number of carboxylic acid groups (broad SMARTS) is 1. The van der Waals surface area contributed by atoms with E-state index in [0.717, 1.165) is 0 Å². The SMILES string of the molecule is CC(C)(N)c1c(C(=O)O)ncn1-c1ccc(Br)cc1C(=O)c1ccccc1F. The van der Waals surface area contributed by atoms with Gasteiger partial charge in [-0.15, -0.1) is 0 Å². The average molecular weight is 446 g/mol. The summed E-state index contributed by atoms with van der Waals surface area (Å²) >= 11 is 3.33. The second-order valence-corrected chi connectivity index (χ2v) is 7.72. The number of nitrogens with zero attached hydrogens (tertiary/aromatic N) is 2. The Balaban J connectivity index is 2.28. The molecule has 0 aliphatic carbocycles. The molecule has 0 atom stereocenters. The summed E-state index contributed by atoms with van der Waals surface area (Å²) in [5, 5.41) is 9.47. The minimum atomic E-state index is -1.23. The van der Waals surface area contributed by atoms with E-state index in [0.29, 0.717) is 10.2 Å². The zero-order valence-corrected chi connectivity index (χ0v) is 16.7. The fourth-order valence-electron chi connectivity index (χ4n) is 2.99. The third kappa shape index (κ3) is 3.61. The smallest absolute Gasteiger partial charge is 0.356 e. The van der Waals surface area contributed by atoms with E-state index in [-0.39, 0.29) is 22.5 Å². The summed E-state index contributed by atoms with van der Waals surface area (Å²) < 4.78 is 16.3. The molecule has 28 heavy (non-hydrogen) atoms. The van der Waals surface area contributed by atoms with Crippen LogP contribution in [-0.4, -0.2) is 26.4 Å². The molecule has 3 N–H and O–H groups in total. The molecule has 144 valence electrons. The Morgan fingerprint density at radius 3 is 2.46 bits per heavy atom. The van der Waals surface area contributed by atoms with Crippen molar-refractivity contribution in [2.45, 2.75) is 19.4 Å². The lowest BCUT2D eigenvalue weighted by Crippen LogP contribution is -2.33. The van der Waals surface area contributed by atoms with Crippen LogP contribution in [0.4, 0.5) is 4.39 Å². The molecule has 0 amide bonds. The summed E-state index contributed by atoms with van der Waals surface area (Å²) in [6, 6.07) is 10.5. The fraction of sp³-hybridized carbons (Fsp3) is 0.150. The van der Waals surface area contributed by atoms with Crippen molar-refractivity contribution in [3.63, 3.8) is 0 Å². The van der Waals surface area contributed by atoms with Crippen LogP contribution < -0.4 is 5.73 Å². The molecule has 0 fully saturated rings. The highest BCUT2D eigenvalue weighted by atomic mass is 79.9. The van der Waals surface area contributed by atoms with Crippen LogP contribution in [0.1, 0.15) is 46.0 Å². The lowest BCUT2D eigenvalue weighted by Gasteiger charge is -2.23. The Bertz CT molecular complexity index is 1090. The van der Waals surface area contributed by atoms with E-state index in [4.69, 9.17) is 5.73 Å². The molecule has 2 aromatic carbocycles. The molecule has 3 aromatic rings. The lowest BCUT2D eigenvalue weighted by atomic mass is 9.97. The highest BCUT2D eigenvalue weighted by Gasteiger charge is 2.30. The van der Waals surface area contributed by atoms with E-state index in [2.05, 4.69) is 20.9 Å². The molecule has 0 saturated heterocycles. The molecule has 0 aliphatic rings. The number of carbonyl (C=O) groups excluding carboxylic acids is 1. The van der Waals surface area contributed by atoms with Gasteiger partial charge in [-0.3, -0.25) is 9.36 Å². The predicted octanol–water partition coefficient (Wildman–Crippen LogP) is 3.90. The zero-order chi connectivity index (χ0) is 20.6. The number of ketones is 1. The van der Waals surface area contributed by atoms with Gasteiger partial charge in [-0.25, -0.2) is 14.2 Å². The largest absolute Gasteiger partial charge is 0.476 e. The van der Waals surface area contributed by atoms with Crippen molar-refractivity contribution in [1.82, 2.24) is 9.55 Å². The zero-order valence-electron chi connectivity index (χ0n) is 15.1. The maximum absolute atomic E-state index is 14.2. The fourth-order valence-corrected chi connectivity index (χ4v) is 3.35. The lowest BCUT2D eigenvalue weighted by molar-refractivity contribution is 0.0687. The number of rotatable bonds is 5. The first-order valence-electron chi connectivity index (χ1n) is 8.30. The van der Waals surface area contributed by atoms with Crippen molar-refractivity contribution in [2.75, 3.05) is 0 Å². The van der Waals surface area contributed by atoms with Gasteiger partial charge in [0.15, 0.2) is 11.5 Å². The van der Waals surface area contributed by atoms with Crippen LogP contribution in [0.3, 0.4) is 0 Å². The Hall–Kier alpha value is -2.84. The second-order valence-electron chi connectivity index (χ2n) is 6.81. The van der Waals surface area contributed by atoms with Crippen LogP contribution >= 0.6 is 15.9 Å². The van der Waals surface area contributed by atoms with Crippen LogP contribution in [-0.2, 0) is 5.54 Å². The van der Waals surface area contributed by atoms with Gasteiger partial charge in [0, 0.05) is 10.0 Å². The van der Waals surface area contributed by atoms with Crippen LogP contribution in [0.25, 0.3) is 5.69 Å². The molecular weight excluding hydrogens is 429 g/mol. The van der Waals surface area contributed by atoms with E-state index in [1.165, 1.54) is 29.1 Å². The number of halogens is 2. The second kappa shape index (κ2) is 7.29. The normalized spacial score (nSPS) is 11.5. The van der Waals surface area contributed by atoms with Crippen molar-refractivity contribution < 1.29 is 19.1 Å². The maximum atomic E-state index is 14.2. The highest BCUT2D eigenvalue weighted by molar-refractivity contribution is 9.10. The Kier molecular flexibility index (Phi) is 5.18. The third-order valence-electron chi connectivity index (χ3n) is 4.16. The summed E-state index contributed by atoms with van der Waals surface area (Å²) in [6.45, 7) is 3.29. The van der Waals surface area contributed by atoms with Crippen molar-refractivity contribution in [3.05, 3.63) is 81.6 Å². The van der Waals surface area contributed by atoms with Gasteiger partial charge in [0.2, 0.25) is 0 Å². The first kappa shape index (κ1) is 19.9. The summed E-state index contributed by atoms with van der Waals surface area (Å²) in [4.78, 5) is 28.6. The number of hydrogen-bond acceptors (Lipinski definition) is 4. The quantitative estimate of drug-likeness (QED) is 0.580. The number of aromatic nitrogens is 2. The van der Waals surface area contributed by atoms with E-state index >= 15 is 0 Å². The van der Waals surface area contributed by atoms with Crippen LogP contribution in [0.15, 0.2) is 53.3 Å². The van der Waals surface area contributed by atoms with E-state index in [1.54, 1.807) is 38.1 Å². The van der Waals surface area contributed by atoms with Gasteiger partial charge in [0.1, 0.15) is 12.1 Å². The Morgan fingerprint density at radius 1 is 1.18 bits per heavy atom. The van der Waals surface area contributed by atoms with Crippen molar-refractivity contribution in [3.8, 4) is 5.69 Å². The molecule has 1 heterocycles. The van der Waals surface area contributed by atoms with Crippen molar-refractivity contribution in [1.29, 1.82) is 0 Å². The summed E-state index contributed by atoms with van der Waals surface area (Å²) in [5.41, 5.74) is 5.59. The van der Waals surface area contributed by atoms with Gasteiger partial charge < -0.3 is 10.8 Å². The molecule has 3 rings (SSSR count). The first-order valence-corrected chi connectivity index (χ1v) is 9.09. The minimum absolute atomic E-state index is 0.0889. The average Bonchev–Trinajstić information content (AvgIpc) is 3.07. The van der Waals surface area contributed by atoms with Crippen molar-refractivity contribution in [2.24, 2.45) is 5.73 Å². The molecule has 0 saturated carbocycles. The van der Waals surface area contributed by atoms with E-state index in [9.17, 15) is 19.1 Å². The molecule has 0 aliphatic heterocycles. The number of imidazole rings is 1. The molecule has 1 aromatic heterocycles. The number of benzene rings is 2. The first-order chi connectivity index (χ1) is 13.1. The van der Waals surface area contributed by atoms with Crippen LogP contribution in [0.2, 0.25) is 0 Å². The number of aromatic carboxylic acids is 1. The van der Waals surface area contributed by atoms with Gasteiger partial charge >= 0.3 is 5.97 Å². The summed E-state index contributed by atoms with van der Waals surface area (Å²) in [5.74, 6) is -2.42. The molecule has 0 radical (unpaired) electrons. The standard InChI is InChI=1S/C20H17BrFN3O3/c1-20(2,23)18-16(19(27)28)24-10-25(18)15-8-7-11(21)9-13(15)17(26)12-5-3-4-6-14(12)22/h3-10H,23H2,1-2H3,(H,27,28). The van der Waals surface area contributed by atoms with Crippen molar-refractivity contribution >= 4 is 27.7 Å². The molecule has 8 heteroatoms. The summed E-state index contributed by atoms with van der Waals surface area (Å²) in [7, 11) is 0. The third-order valence-corrected chi connectivity index (χ3v) is 4.65. The van der Waals surface area contributed by atoms with Gasteiger partial charge in [-0.05, 0) is 44.2 Å². The monoisotopic (exact) mass is 445 g/mol. The number of nitrogens with two attached hydrogens (primary N) is 1. The number of carbonyl (C=O) groups is 2. The number of carboxylic acids is 1. The van der Waals surface area contributed by atoms with Crippen LogP contribution in [0, 0.1) is 5.82 Å². The minimum Gasteiger partial charge on any atom is -0.476 e. The van der Waals surface area contributed by atoms with Gasteiger partial charge in [-0.1, -0.05) is 28.1 Å². The Labute approximate surface area is 168 Å². The molecular formula is C20H17BrFN3O3. The molecule has 0 bridgehead atoms. The highest BCUT2D eigenvalue weighted by Crippen LogP contribution is 2.29. The van der Waals surface area contributed by atoms with Gasteiger partial charge in [0.25, 0.3) is 0 Å². The van der Waals surface area contributed by atoms with E-state index < -0.39 is 23.1 Å². The maximum Gasteiger partial charge on any atom is 0.356 e. The Morgan fingerprint density at radius 2 is 1.86 bits per heavy atom. The van der Waals surface area contributed by atoms with Crippen LogP contribution in [0.5, 0.6) is 0 Å². The number of hydrogen-bond donors (Lipinski definition) is 2. The molecule has 0 spiro atoms. The predicted molar refractivity (Wildman–Crippen MR) is 105 cm³/mol. The molecule has 6 nitrogen and oxygen atoms in total. The van der Waals surface area contributed by atoms with Gasteiger partial charge in [-0.2, -0.15) is 0 Å². The topological polar surface area (TPSA) is 98.2 Å². The summed E-state index contributed by atoms with van der Waals surface area (Å²) in [6.07, 6.45) is 1.30.